The van der Waals surface area contributed by atoms with E-state index in [9.17, 15) is 9.90 Å². The van der Waals surface area contributed by atoms with Crippen molar-refractivity contribution in [2.45, 2.75) is 44.6 Å². The second-order valence-corrected chi connectivity index (χ2v) is 5.65. The summed E-state index contributed by atoms with van der Waals surface area (Å²) in [5, 5.41) is 12.4. The fraction of sp³-hybridized carbons (Fsp3) is 0.562. The molecule has 1 amide bonds. The lowest BCUT2D eigenvalue weighted by Crippen LogP contribution is -2.43. The molecule has 20 heavy (non-hydrogen) atoms. The molecule has 0 aromatic heterocycles. The van der Waals surface area contributed by atoms with Gasteiger partial charge in [-0.05, 0) is 37.0 Å². The normalized spacial score (nSPS) is 22.4. The lowest BCUT2D eigenvalue weighted by molar-refractivity contribution is -0.122. The molecule has 110 valence electrons. The van der Waals surface area contributed by atoms with Gasteiger partial charge in [0, 0.05) is 30.7 Å². The van der Waals surface area contributed by atoms with Crippen molar-refractivity contribution in [1.29, 1.82) is 0 Å². The van der Waals surface area contributed by atoms with Gasteiger partial charge in [0.1, 0.15) is 0 Å². The van der Waals surface area contributed by atoms with Crippen molar-refractivity contribution in [2.24, 2.45) is 5.92 Å². The monoisotopic (exact) mass is 276 g/mol. The predicted molar refractivity (Wildman–Crippen MR) is 80.1 cm³/mol. The van der Waals surface area contributed by atoms with Gasteiger partial charge in [0.25, 0.3) is 0 Å². The minimum atomic E-state index is 0.0674. The first-order valence-corrected chi connectivity index (χ1v) is 7.43. The number of hydrogen-bond acceptors (Lipinski definition) is 3. The molecule has 0 heterocycles. The zero-order chi connectivity index (χ0) is 14.4. The third kappa shape index (κ3) is 4.23. The fourth-order valence-corrected chi connectivity index (χ4v) is 2.90. The van der Waals surface area contributed by atoms with Crippen molar-refractivity contribution >= 4 is 11.6 Å². The molecule has 1 aromatic rings. The average Bonchev–Trinajstić information content (AvgIpc) is 2.46. The molecule has 0 spiro atoms. The van der Waals surface area contributed by atoms with Crippen LogP contribution in [0.1, 0.15) is 37.7 Å². The molecule has 2 atom stereocenters. The Hall–Kier alpha value is -1.55. The third-order valence-electron chi connectivity index (χ3n) is 4.08. The molecule has 1 aliphatic rings. The van der Waals surface area contributed by atoms with Gasteiger partial charge in [-0.2, -0.15) is 0 Å². The van der Waals surface area contributed by atoms with E-state index in [0.717, 1.165) is 36.9 Å². The first kappa shape index (κ1) is 14.9. The van der Waals surface area contributed by atoms with Gasteiger partial charge >= 0.3 is 0 Å². The molecule has 1 fully saturated rings. The van der Waals surface area contributed by atoms with Gasteiger partial charge in [-0.3, -0.25) is 4.79 Å². The Morgan fingerprint density at radius 1 is 1.35 bits per heavy atom. The number of aliphatic hydroxyl groups is 1. The van der Waals surface area contributed by atoms with Crippen LogP contribution in [0.15, 0.2) is 24.3 Å². The Morgan fingerprint density at radius 3 is 2.90 bits per heavy atom. The number of carbonyl (C=O) groups excluding carboxylic acids is 1. The largest absolute Gasteiger partial charge is 0.399 e. The number of aliphatic hydroxyl groups excluding tert-OH is 1. The smallest absolute Gasteiger partial charge is 0.220 e. The maximum Gasteiger partial charge on any atom is 0.220 e. The van der Waals surface area contributed by atoms with E-state index < -0.39 is 0 Å². The Bertz CT molecular complexity index is 448. The van der Waals surface area contributed by atoms with Gasteiger partial charge in [-0.15, -0.1) is 0 Å². The summed E-state index contributed by atoms with van der Waals surface area (Å²) in [7, 11) is 0. The van der Waals surface area contributed by atoms with Gasteiger partial charge in [-0.1, -0.05) is 25.0 Å². The number of amides is 1. The molecule has 0 bridgehead atoms. The Balaban J connectivity index is 1.80. The van der Waals surface area contributed by atoms with E-state index in [1.54, 1.807) is 0 Å². The van der Waals surface area contributed by atoms with Gasteiger partial charge in [0.15, 0.2) is 0 Å². The molecular weight excluding hydrogens is 252 g/mol. The highest BCUT2D eigenvalue weighted by Crippen LogP contribution is 2.24. The summed E-state index contributed by atoms with van der Waals surface area (Å²) in [6, 6.07) is 7.79. The van der Waals surface area contributed by atoms with E-state index in [1.807, 2.05) is 24.3 Å². The highest BCUT2D eigenvalue weighted by atomic mass is 16.3. The predicted octanol–water partition coefficient (Wildman–Crippen LogP) is 1.87. The highest BCUT2D eigenvalue weighted by molar-refractivity contribution is 5.76. The van der Waals surface area contributed by atoms with Crippen LogP contribution in [0.2, 0.25) is 0 Å². The Morgan fingerprint density at radius 2 is 2.15 bits per heavy atom. The van der Waals surface area contributed by atoms with E-state index in [0.29, 0.717) is 12.8 Å². The third-order valence-corrected chi connectivity index (χ3v) is 4.08. The number of carbonyl (C=O) groups is 1. The van der Waals surface area contributed by atoms with Crippen molar-refractivity contribution in [3.05, 3.63) is 29.8 Å². The van der Waals surface area contributed by atoms with Crippen LogP contribution in [-0.4, -0.2) is 23.7 Å². The fourth-order valence-electron chi connectivity index (χ4n) is 2.90. The van der Waals surface area contributed by atoms with Crippen LogP contribution in [0.5, 0.6) is 0 Å². The SMILES string of the molecule is Nc1cccc(CCC(=O)NC2CCCCC2CO)c1. The van der Waals surface area contributed by atoms with Crippen LogP contribution in [0.3, 0.4) is 0 Å². The highest BCUT2D eigenvalue weighted by Gasteiger charge is 2.25. The molecular formula is C16H24N2O2. The first-order chi connectivity index (χ1) is 9.69. The summed E-state index contributed by atoms with van der Waals surface area (Å²) >= 11 is 0. The summed E-state index contributed by atoms with van der Waals surface area (Å²) in [6.07, 6.45) is 5.45. The summed E-state index contributed by atoms with van der Waals surface area (Å²) in [5.74, 6) is 0.290. The maximum atomic E-state index is 12.0. The summed E-state index contributed by atoms with van der Waals surface area (Å²) in [5.41, 5.74) is 7.54. The molecule has 0 saturated heterocycles. The molecule has 2 rings (SSSR count). The second kappa shape index (κ2) is 7.29. The van der Waals surface area contributed by atoms with Crippen molar-refractivity contribution < 1.29 is 9.90 Å². The van der Waals surface area contributed by atoms with Crippen LogP contribution < -0.4 is 11.1 Å². The molecule has 2 unspecified atom stereocenters. The number of anilines is 1. The van der Waals surface area contributed by atoms with E-state index in [1.165, 1.54) is 0 Å². The van der Waals surface area contributed by atoms with E-state index in [2.05, 4.69) is 5.32 Å². The van der Waals surface area contributed by atoms with Gasteiger partial charge < -0.3 is 16.2 Å². The molecule has 0 aliphatic heterocycles. The Labute approximate surface area is 120 Å². The molecule has 1 saturated carbocycles. The number of rotatable bonds is 5. The summed E-state index contributed by atoms with van der Waals surface area (Å²) in [4.78, 5) is 12.0. The number of nitrogens with one attached hydrogen (secondary N) is 1. The summed E-state index contributed by atoms with van der Waals surface area (Å²) < 4.78 is 0. The lowest BCUT2D eigenvalue weighted by Gasteiger charge is -2.30. The van der Waals surface area contributed by atoms with E-state index in [-0.39, 0.29) is 24.5 Å². The molecule has 1 aromatic carbocycles. The minimum Gasteiger partial charge on any atom is -0.399 e. The van der Waals surface area contributed by atoms with Crippen LogP contribution in [0.25, 0.3) is 0 Å². The van der Waals surface area contributed by atoms with Crippen LogP contribution in [0, 0.1) is 5.92 Å². The van der Waals surface area contributed by atoms with Crippen molar-refractivity contribution in [3.63, 3.8) is 0 Å². The zero-order valence-corrected chi connectivity index (χ0v) is 11.8. The number of hydrogen-bond donors (Lipinski definition) is 3. The van der Waals surface area contributed by atoms with E-state index >= 15 is 0 Å². The van der Waals surface area contributed by atoms with Crippen molar-refractivity contribution in [1.82, 2.24) is 5.32 Å². The average molecular weight is 276 g/mol. The van der Waals surface area contributed by atoms with Gasteiger partial charge in [0.2, 0.25) is 5.91 Å². The molecule has 4 nitrogen and oxygen atoms in total. The molecule has 4 heteroatoms. The van der Waals surface area contributed by atoms with E-state index in [4.69, 9.17) is 5.73 Å². The van der Waals surface area contributed by atoms with Gasteiger partial charge in [0.05, 0.1) is 0 Å². The summed E-state index contributed by atoms with van der Waals surface area (Å²) in [6.45, 7) is 0.167. The van der Waals surface area contributed by atoms with Crippen LogP contribution in [0.4, 0.5) is 5.69 Å². The lowest BCUT2D eigenvalue weighted by atomic mass is 9.85. The maximum absolute atomic E-state index is 12.0. The number of benzene rings is 1. The Kier molecular flexibility index (Phi) is 5.41. The number of nitrogen functional groups attached to an aromatic ring is 1. The van der Waals surface area contributed by atoms with Crippen molar-refractivity contribution in [2.75, 3.05) is 12.3 Å². The molecule has 0 radical (unpaired) electrons. The molecule has 4 N–H and O–H groups in total. The van der Waals surface area contributed by atoms with Gasteiger partial charge in [-0.25, -0.2) is 0 Å². The standard InChI is InChI=1S/C16H24N2O2/c17-14-6-3-4-12(10-14)8-9-16(20)18-15-7-2-1-5-13(15)11-19/h3-4,6,10,13,15,19H,1-2,5,7-9,11,17H2,(H,18,20). The first-order valence-electron chi connectivity index (χ1n) is 7.43. The minimum absolute atomic E-state index is 0.0674. The number of nitrogens with two attached hydrogens (primary N) is 1. The van der Waals surface area contributed by atoms with Crippen LogP contribution in [-0.2, 0) is 11.2 Å². The zero-order valence-electron chi connectivity index (χ0n) is 11.8. The quantitative estimate of drug-likeness (QED) is 0.719. The topological polar surface area (TPSA) is 75.4 Å². The van der Waals surface area contributed by atoms with Crippen molar-refractivity contribution in [3.8, 4) is 0 Å². The molecule has 1 aliphatic carbocycles. The number of aryl methyl sites for hydroxylation is 1. The van der Waals surface area contributed by atoms with Crippen LogP contribution >= 0.6 is 0 Å². The second-order valence-electron chi connectivity index (χ2n) is 5.65.